The van der Waals surface area contributed by atoms with Gasteiger partial charge in [0.1, 0.15) is 0 Å². The summed E-state index contributed by atoms with van der Waals surface area (Å²) in [6.07, 6.45) is 0. The Kier molecular flexibility index (Phi) is 10.5. The van der Waals surface area contributed by atoms with Gasteiger partial charge in [0, 0.05) is 46.9 Å². The largest absolute Gasteiger partial charge is 0.288 e. The number of hydrogen-bond donors (Lipinski definition) is 2. The Morgan fingerprint density at radius 3 is 1.40 bits per heavy atom. The van der Waals surface area contributed by atoms with Crippen LogP contribution in [0, 0.1) is 46.9 Å². The third kappa shape index (κ3) is 31.3. The molecule has 0 aliphatic carbocycles. The molecule has 0 radical (unpaired) electrons. The van der Waals surface area contributed by atoms with Gasteiger partial charge in [-0.15, -0.1) is 0 Å². The van der Waals surface area contributed by atoms with Crippen LogP contribution in [0.4, 0.5) is 0 Å². The van der Waals surface area contributed by atoms with E-state index in [1.54, 1.807) is 0 Å². The van der Waals surface area contributed by atoms with E-state index in [0.717, 1.165) is 0 Å². The van der Waals surface area contributed by atoms with E-state index in [0.29, 0.717) is 0 Å². The van der Waals surface area contributed by atoms with E-state index in [4.69, 9.17) is 13.0 Å². The number of thiol groups is 1. The Hall–Kier alpha value is 1.43. The molecule has 0 atom stereocenters. The van der Waals surface area contributed by atoms with E-state index in [1.165, 1.54) is 0 Å². The Morgan fingerprint density at radius 2 is 1.40 bits per heavy atom. The van der Waals surface area contributed by atoms with Crippen LogP contribution in [-0.2, 0) is 11.0 Å². The van der Waals surface area contributed by atoms with Gasteiger partial charge in [-0.2, -0.15) is 0 Å². The predicted octanol–water partition coefficient (Wildman–Crippen LogP) is -0.929. The predicted molar refractivity (Wildman–Crippen MR) is 12.9 cm³/mol. The maximum Gasteiger partial charge on any atom is 0.254 e. The minimum absolute atomic E-state index is 0. The van der Waals surface area contributed by atoms with Crippen molar-refractivity contribution >= 4 is 11.0 Å². The molecule has 5 heavy (non-hydrogen) atoms. The quantitative estimate of drug-likeness (QED) is 0.434. The van der Waals surface area contributed by atoms with Crippen LogP contribution < -0.4 is 0 Å². The molecule has 0 amide bonds. The molecule has 5 heteroatoms. The van der Waals surface area contributed by atoms with Crippen LogP contribution >= 0.6 is 0 Å². The van der Waals surface area contributed by atoms with Gasteiger partial charge in [-0.1, -0.05) is 0 Å². The van der Waals surface area contributed by atoms with Gasteiger partial charge in [-0.3, -0.25) is 4.55 Å². The van der Waals surface area contributed by atoms with Crippen LogP contribution in [0.1, 0.15) is 0 Å². The van der Waals surface area contributed by atoms with Gasteiger partial charge in [-0.05, 0) is 0 Å². The first-order valence-electron chi connectivity index (χ1n) is 0.565. The van der Waals surface area contributed by atoms with Crippen LogP contribution in [0.3, 0.4) is 0 Å². The monoisotopic (exact) mass is 256 g/mol. The van der Waals surface area contributed by atoms with Crippen molar-refractivity contribution in [2.45, 2.75) is 0 Å². The SMILES string of the molecule is O=[SH](=O)O.[Yb]. The van der Waals surface area contributed by atoms with Crippen molar-refractivity contribution in [2.75, 3.05) is 0 Å². The van der Waals surface area contributed by atoms with E-state index in [9.17, 15) is 0 Å². The minimum atomic E-state index is -3.12. The molecule has 0 aromatic heterocycles. The molecular formula is H2O3SYb. The normalized spacial score (nSPS) is 6.80. The molecule has 0 heterocycles. The van der Waals surface area contributed by atoms with Crippen molar-refractivity contribution in [1.29, 1.82) is 0 Å². The Morgan fingerprint density at radius 1 is 1.40 bits per heavy atom. The fraction of sp³-hybridized carbons (Fsp3) is 0. The molecule has 0 aromatic carbocycles. The molecule has 0 unspecified atom stereocenters. The molecule has 0 rings (SSSR count). The fourth-order valence-corrected chi connectivity index (χ4v) is 0. The maximum atomic E-state index is 8.59. The van der Waals surface area contributed by atoms with E-state index in [1.807, 2.05) is 0 Å². The topological polar surface area (TPSA) is 54.4 Å². The molecule has 40 valence electrons. The van der Waals surface area contributed by atoms with Crippen LogP contribution in [0.2, 0.25) is 0 Å². The van der Waals surface area contributed by atoms with Crippen LogP contribution in [-0.4, -0.2) is 13.0 Å². The van der Waals surface area contributed by atoms with Gasteiger partial charge in [0.05, 0.1) is 0 Å². The Balaban J connectivity index is 0. The molecule has 0 bridgehead atoms. The van der Waals surface area contributed by atoms with Crippen molar-refractivity contribution in [3.8, 4) is 0 Å². The van der Waals surface area contributed by atoms with Gasteiger partial charge in [0.2, 0.25) is 0 Å². The summed E-state index contributed by atoms with van der Waals surface area (Å²) in [4.78, 5) is 0. The van der Waals surface area contributed by atoms with E-state index < -0.39 is 11.0 Å². The minimum Gasteiger partial charge on any atom is -0.288 e. The Labute approximate surface area is 69.8 Å². The molecule has 0 saturated carbocycles. The van der Waals surface area contributed by atoms with E-state index in [-0.39, 0.29) is 46.9 Å². The molecule has 1 N–H and O–H groups in total. The standard InChI is InChI=1S/H2O3S.Yb/c1-4(2)3;/h4H,(H,1,2,3);. The van der Waals surface area contributed by atoms with Crippen LogP contribution in [0.25, 0.3) is 0 Å². The fourth-order valence-electron chi connectivity index (χ4n) is 0. The zero-order chi connectivity index (χ0) is 3.58. The van der Waals surface area contributed by atoms with Crippen LogP contribution in [0.15, 0.2) is 0 Å². The van der Waals surface area contributed by atoms with Crippen molar-refractivity contribution in [3.05, 3.63) is 0 Å². The molecule has 3 nitrogen and oxygen atoms in total. The average molecular weight is 255 g/mol. The van der Waals surface area contributed by atoms with Crippen molar-refractivity contribution < 1.29 is 59.9 Å². The molecule has 0 spiro atoms. The zero-order valence-corrected chi connectivity index (χ0v) is 4.59. The molecule has 0 aromatic rings. The summed E-state index contributed by atoms with van der Waals surface area (Å²) >= 11 is 0. The van der Waals surface area contributed by atoms with Gasteiger partial charge >= 0.3 is 0 Å². The average Bonchev–Trinajstić information content (AvgIpc) is 0.811. The number of hydrogen-bond acceptors (Lipinski definition) is 2. The number of rotatable bonds is 0. The third-order valence-electron chi connectivity index (χ3n) is 0. The van der Waals surface area contributed by atoms with Gasteiger partial charge in [0.15, 0.2) is 0 Å². The van der Waals surface area contributed by atoms with Gasteiger partial charge in [-0.25, -0.2) is 8.42 Å². The summed E-state index contributed by atoms with van der Waals surface area (Å²) in [6.45, 7) is 0. The summed E-state index contributed by atoms with van der Waals surface area (Å²) in [6, 6.07) is 0. The van der Waals surface area contributed by atoms with Gasteiger partial charge < -0.3 is 0 Å². The van der Waals surface area contributed by atoms with Crippen molar-refractivity contribution in [2.24, 2.45) is 0 Å². The first kappa shape index (κ1) is 9.66. The summed E-state index contributed by atoms with van der Waals surface area (Å²) < 4.78 is 24.2. The second-order valence-electron chi connectivity index (χ2n) is 0.238. The van der Waals surface area contributed by atoms with Gasteiger partial charge in [0.25, 0.3) is 11.0 Å². The first-order chi connectivity index (χ1) is 1.73. The molecule has 0 saturated heterocycles. The molecule has 0 aliphatic heterocycles. The van der Waals surface area contributed by atoms with Crippen molar-refractivity contribution in [3.63, 3.8) is 0 Å². The summed E-state index contributed by atoms with van der Waals surface area (Å²) in [5.41, 5.74) is 0. The summed E-state index contributed by atoms with van der Waals surface area (Å²) in [5.74, 6) is 0. The molecule has 0 fully saturated rings. The van der Waals surface area contributed by atoms with E-state index >= 15 is 0 Å². The second-order valence-corrected chi connectivity index (χ2v) is 0.714. The van der Waals surface area contributed by atoms with Crippen LogP contribution in [0.5, 0.6) is 0 Å². The summed E-state index contributed by atoms with van der Waals surface area (Å²) in [5, 5.41) is 0. The summed E-state index contributed by atoms with van der Waals surface area (Å²) in [7, 11) is -3.12. The molecule has 0 aliphatic rings. The first-order valence-corrected chi connectivity index (χ1v) is 1.70. The third-order valence-corrected chi connectivity index (χ3v) is 0. The second kappa shape index (κ2) is 5.43. The maximum absolute atomic E-state index is 8.59. The van der Waals surface area contributed by atoms with E-state index in [2.05, 4.69) is 0 Å². The Bertz CT molecular complexity index is 55.3. The molecular weight excluding hydrogens is 253 g/mol. The van der Waals surface area contributed by atoms with Crippen molar-refractivity contribution in [1.82, 2.24) is 0 Å². The smallest absolute Gasteiger partial charge is 0.254 e. The zero-order valence-electron chi connectivity index (χ0n) is 1.98.